The van der Waals surface area contributed by atoms with Gasteiger partial charge in [0, 0.05) is 17.5 Å². The van der Waals surface area contributed by atoms with Crippen LogP contribution in [0.1, 0.15) is 63.8 Å². The monoisotopic (exact) mass is 460 g/mol. The lowest BCUT2D eigenvalue weighted by molar-refractivity contribution is -0.0300. The van der Waals surface area contributed by atoms with Gasteiger partial charge in [0.2, 0.25) is 0 Å². The molecule has 0 aliphatic heterocycles. The third-order valence-corrected chi connectivity index (χ3v) is 9.31. The van der Waals surface area contributed by atoms with Gasteiger partial charge in [-0.1, -0.05) is 37.3 Å². The highest BCUT2D eigenvalue weighted by molar-refractivity contribution is 6.30. The minimum absolute atomic E-state index is 0.0305. The van der Waals surface area contributed by atoms with E-state index in [1.165, 1.54) is 51.4 Å². The number of aromatic nitrogens is 3. The Hall–Kier alpha value is -1.41. The number of hydrogen-bond donors (Lipinski definition) is 4. The molecule has 0 unspecified atom stereocenters. The van der Waals surface area contributed by atoms with Gasteiger partial charge in [0.15, 0.2) is 5.82 Å². The van der Waals surface area contributed by atoms with E-state index >= 15 is 0 Å². The van der Waals surface area contributed by atoms with Crippen molar-refractivity contribution in [2.24, 2.45) is 23.2 Å². The molecule has 0 amide bonds. The van der Waals surface area contributed by atoms with Crippen LogP contribution in [0, 0.1) is 23.2 Å². The van der Waals surface area contributed by atoms with E-state index in [0.717, 1.165) is 16.9 Å². The molecule has 0 radical (unpaired) electrons. The lowest BCUT2D eigenvalue weighted by Gasteiger charge is -2.31. The van der Waals surface area contributed by atoms with Crippen LogP contribution in [0.4, 0.5) is 5.82 Å². The van der Waals surface area contributed by atoms with Crippen molar-refractivity contribution in [3.05, 3.63) is 17.5 Å². The summed E-state index contributed by atoms with van der Waals surface area (Å²) in [7, 11) is 0. The average Bonchev–Trinajstić information content (AvgIpc) is 3.32. The number of imidazole rings is 1. The molecule has 4 aliphatic rings. The standard InChI is InChI=1S/C24H33ClN4O3/c25-17-9-16-19(26-12-29(16)20-15-10-24(15,11-30)22(32)21(20)31)23(27-17)28-18(13-5-1-2-6-13)14-7-3-4-8-14/h9,12-15,18,20-22,30-32H,1-8,10-11H2,(H,27,28)/t15-,20-,21+,22+,24+/m1/s1. The predicted octanol–water partition coefficient (Wildman–Crippen LogP) is 3.52. The van der Waals surface area contributed by atoms with Crippen molar-refractivity contribution in [2.45, 2.75) is 82.1 Å². The molecule has 4 saturated carbocycles. The molecule has 174 valence electrons. The van der Waals surface area contributed by atoms with Gasteiger partial charge in [-0.2, -0.15) is 0 Å². The molecule has 32 heavy (non-hydrogen) atoms. The summed E-state index contributed by atoms with van der Waals surface area (Å²) in [6, 6.07) is 1.87. The molecule has 0 bridgehead atoms. The Balaban J connectivity index is 1.36. The third-order valence-electron chi connectivity index (χ3n) is 9.12. The second-order valence-corrected chi connectivity index (χ2v) is 11.1. The van der Waals surface area contributed by atoms with E-state index in [1.807, 2.05) is 4.57 Å². The van der Waals surface area contributed by atoms with Crippen molar-refractivity contribution in [1.29, 1.82) is 0 Å². The van der Waals surface area contributed by atoms with Crippen molar-refractivity contribution in [2.75, 3.05) is 11.9 Å². The second kappa shape index (κ2) is 7.83. The number of rotatable bonds is 6. The summed E-state index contributed by atoms with van der Waals surface area (Å²) in [4.78, 5) is 9.34. The van der Waals surface area contributed by atoms with E-state index in [1.54, 1.807) is 12.4 Å². The first kappa shape index (κ1) is 21.1. The number of fused-ring (bicyclic) bond motifs is 2. The quantitative estimate of drug-likeness (QED) is 0.492. The number of nitrogens with zero attached hydrogens (tertiary/aromatic N) is 3. The first-order valence-electron chi connectivity index (χ1n) is 12.3. The zero-order valence-electron chi connectivity index (χ0n) is 18.3. The highest BCUT2D eigenvalue weighted by Crippen LogP contribution is 2.67. The molecule has 6 rings (SSSR count). The zero-order chi connectivity index (χ0) is 22.0. The minimum atomic E-state index is -0.939. The molecular weight excluding hydrogens is 428 g/mol. The molecule has 2 aromatic rings. The Morgan fingerprint density at radius 1 is 1.12 bits per heavy atom. The number of hydrogen-bond acceptors (Lipinski definition) is 6. The van der Waals surface area contributed by atoms with Gasteiger partial charge in [0.05, 0.1) is 30.6 Å². The van der Waals surface area contributed by atoms with E-state index in [2.05, 4.69) is 10.3 Å². The van der Waals surface area contributed by atoms with Gasteiger partial charge in [-0.25, -0.2) is 9.97 Å². The summed E-state index contributed by atoms with van der Waals surface area (Å²) in [6.45, 7) is -0.113. The molecule has 0 saturated heterocycles. The zero-order valence-corrected chi connectivity index (χ0v) is 19.1. The van der Waals surface area contributed by atoms with E-state index in [4.69, 9.17) is 16.6 Å². The number of aliphatic hydroxyl groups excluding tert-OH is 3. The van der Waals surface area contributed by atoms with Crippen LogP contribution >= 0.6 is 11.6 Å². The van der Waals surface area contributed by atoms with Gasteiger partial charge >= 0.3 is 0 Å². The molecular formula is C24H33ClN4O3. The van der Waals surface area contributed by atoms with Crippen LogP contribution < -0.4 is 5.32 Å². The van der Waals surface area contributed by atoms with Gasteiger partial charge in [-0.15, -0.1) is 0 Å². The van der Waals surface area contributed by atoms with Crippen LogP contribution in [0.25, 0.3) is 11.0 Å². The van der Waals surface area contributed by atoms with Crippen molar-refractivity contribution in [3.8, 4) is 0 Å². The van der Waals surface area contributed by atoms with Crippen molar-refractivity contribution < 1.29 is 15.3 Å². The summed E-state index contributed by atoms with van der Waals surface area (Å²) < 4.78 is 1.94. The number of halogens is 1. The summed E-state index contributed by atoms with van der Waals surface area (Å²) in [5, 5.41) is 35.4. The first-order valence-corrected chi connectivity index (χ1v) is 12.7. The normalized spacial score (nSPS) is 35.3. The van der Waals surface area contributed by atoms with E-state index in [0.29, 0.717) is 29.5 Å². The van der Waals surface area contributed by atoms with Crippen molar-refractivity contribution >= 4 is 28.5 Å². The highest BCUT2D eigenvalue weighted by atomic mass is 35.5. The smallest absolute Gasteiger partial charge is 0.156 e. The maximum Gasteiger partial charge on any atom is 0.156 e. The molecule has 7 nitrogen and oxygen atoms in total. The fourth-order valence-electron chi connectivity index (χ4n) is 7.30. The lowest BCUT2D eigenvalue weighted by Crippen LogP contribution is -2.35. The van der Waals surface area contributed by atoms with Crippen LogP contribution in [0.2, 0.25) is 5.15 Å². The Morgan fingerprint density at radius 2 is 1.78 bits per heavy atom. The van der Waals surface area contributed by atoms with Gasteiger partial charge in [-0.05, 0) is 49.9 Å². The Labute approximate surface area is 193 Å². The molecule has 2 heterocycles. The van der Waals surface area contributed by atoms with Gasteiger partial charge in [-0.3, -0.25) is 0 Å². The van der Waals surface area contributed by atoms with Crippen LogP contribution in [-0.4, -0.2) is 54.7 Å². The largest absolute Gasteiger partial charge is 0.396 e. The summed E-state index contributed by atoms with van der Waals surface area (Å²) >= 11 is 6.48. The van der Waals surface area contributed by atoms with Crippen LogP contribution in [0.3, 0.4) is 0 Å². The van der Waals surface area contributed by atoms with Crippen LogP contribution in [-0.2, 0) is 0 Å². The molecule has 4 fully saturated rings. The number of pyridine rings is 1. The van der Waals surface area contributed by atoms with Crippen molar-refractivity contribution in [3.63, 3.8) is 0 Å². The fraction of sp³-hybridized carbons (Fsp3) is 0.750. The highest BCUT2D eigenvalue weighted by Gasteiger charge is 2.71. The van der Waals surface area contributed by atoms with Crippen LogP contribution in [0.5, 0.6) is 0 Å². The average molecular weight is 461 g/mol. The summed E-state index contributed by atoms with van der Waals surface area (Å²) in [5.74, 6) is 2.09. The first-order chi connectivity index (χ1) is 15.5. The molecule has 5 atom stereocenters. The second-order valence-electron chi connectivity index (χ2n) is 10.7. The number of aliphatic hydroxyl groups is 3. The maximum absolute atomic E-state index is 10.8. The summed E-state index contributed by atoms with van der Waals surface area (Å²) in [5.41, 5.74) is 0.995. The molecule has 0 spiro atoms. The van der Waals surface area contributed by atoms with Gasteiger partial charge in [0.1, 0.15) is 16.8 Å². The number of nitrogens with one attached hydrogen (secondary N) is 1. The van der Waals surface area contributed by atoms with E-state index in [-0.39, 0.29) is 18.6 Å². The Kier molecular flexibility index (Phi) is 5.17. The lowest BCUT2D eigenvalue weighted by atomic mass is 9.86. The Morgan fingerprint density at radius 3 is 2.38 bits per heavy atom. The molecule has 8 heteroatoms. The SMILES string of the molecule is OC[C@@]12C[C@@H]1[C@@H](n1cnc3c(NC(C4CCCC4)C4CCCC4)nc(Cl)cc31)[C@H](O)[C@@H]2O. The Bertz CT molecular complexity index is 987. The fourth-order valence-corrected chi connectivity index (χ4v) is 7.49. The molecule has 2 aromatic heterocycles. The van der Waals surface area contributed by atoms with E-state index in [9.17, 15) is 15.3 Å². The number of anilines is 1. The summed E-state index contributed by atoms with van der Waals surface area (Å²) in [6.07, 6.45) is 10.9. The maximum atomic E-state index is 10.8. The predicted molar refractivity (Wildman–Crippen MR) is 123 cm³/mol. The molecule has 4 aliphatic carbocycles. The minimum Gasteiger partial charge on any atom is -0.396 e. The van der Waals surface area contributed by atoms with Crippen molar-refractivity contribution in [1.82, 2.24) is 14.5 Å². The van der Waals surface area contributed by atoms with E-state index < -0.39 is 17.6 Å². The molecule has 4 N–H and O–H groups in total. The third kappa shape index (κ3) is 3.11. The van der Waals surface area contributed by atoms with Gasteiger partial charge < -0.3 is 25.2 Å². The topological polar surface area (TPSA) is 103 Å². The van der Waals surface area contributed by atoms with Crippen LogP contribution in [0.15, 0.2) is 12.4 Å². The van der Waals surface area contributed by atoms with Gasteiger partial charge in [0.25, 0.3) is 0 Å². The molecule has 0 aromatic carbocycles.